The first-order valence-electron chi connectivity index (χ1n) is 5.09. The molecule has 0 amide bonds. The van der Waals surface area contributed by atoms with Crippen molar-refractivity contribution in [2.45, 2.75) is 4.90 Å². The van der Waals surface area contributed by atoms with E-state index in [1.807, 2.05) is 30.0 Å². The van der Waals surface area contributed by atoms with Gasteiger partial charge in [-0.2, -0.15) is 0 Å². The van der Waals surface area contributed by atoms with Crippen molar-refractivity contribution in [1.29, 1.82) is 0 Å². The molecule has 0 aliphatic carbocycles. The molecule has 1 aliphatic rings. The highest BCUT2D eigenvalue weighted by atomic mass is 35.5. The molecule has 0 unspecified atom stereocenters. The fourth-order valence-electron chi connectivity index (χ4n) is 1.85. The number of hydrogen-bond acceptors (Lipinski definition) is 2. The molecule has 80 valence electrons. The minimum absolute atomic E-state index is 0.794. The summed E-state index contributed by atoms with van der Waals surface area (Å²) < 4.78 is 0. The number of rotatable bonds is 1. The molecule has 2 aromatic carbocycles. The van der Waals surface area contributed by atoms with E-state index in [1.54, 1.807) is 0 Å². The van der Waals surface area contributed by atoms with Crippen molar-refractivity contribution in [3.8, 4) is 0 Å². The number of para-hydroxylation sites is 1. The largest absolute Gasteiger partial charge is 0.330 e. The number of fused-ring (bicyclic) bond motifs is 1. The van der Waals surface area contributed by atoms with E-state index in [1.165, 1.54) is 16.3 Å². The van der Waals surface area contributed by atoms with E-state index >= 15 is 0 Å². The second-order valence-corrected chi connectivity index (χ2v) is 5.07. The summed E-state index contributed by atoms with van der Waals surface area (Å²) in [6.45, 7) is 0. The average molecular weight is 248 g/mol. The van der Waals surface area contributed by atoms with Gasteiger partial charge in [-0.3, -0.25) is 0 Å². The molecular formula is C13H10ClNS. The summed E-state index contributed by atoms with van der Waals surface area (Å²) in [6, 6.07) is 16.5. The maximum atomic E-state index is 6.04. The van der Waals surface area contributed by atoms with Gasteiger partial charge >= 0.3 is 0 Å². The lowest BCUT2D eigenvalue weighted by Crippen LogP contribution is -2.10. The van der Waals surface area contributed by atoms with Crippen LogP contribution in [0.1, 0.15) is 0 Å². The normalized spacial score (nSPS) is 13.9. The quantitative estimate of drug-likeness (QED) is 0.728. The molecule has 2 aromatic rings. The lowest BCUT2D eigenvalue weighted by molar-refractivity contribution is 1.18. The van der Waals surface area contributed by atoms with Crippen LogP contribution in [0, 0.1) is 0 Å². The molecular weight excluding hydrogens is 238 g/mol. The average Bonchev–Trinajstić information content (AvgIpc) is 2.73. The van der Waals surface area contributed by atoms with E-state index in [9.17, 15) is 0 Å². The predicted octanol–water partition coefficient (Wildman–Crippen LogP) is 4.54. The van der Waals surface area contributed by atoms with E-state index in [4.69, 9.17) is 11.6 Å². The second-order valence-electron chi connectivity index (χ2n) is 3.65. The first-order chi connectivity index (χ1) is 7.84. The molecule has 0 saturated heterocycles. The van der Waals surface area contributed by atoms with E-state index in [-0.39, 0.29) is 0 Å². The zero-order chi connectivity index (χ0) is 11.0. The van der Waals surface area contributed by atoms with Gasteiger partial charge in [-0.1, -0.05) is 29.8 Å². The van der Waals surface area contributed by atoms with Gasteiger partial charge in [0.15, 0.2) is 0 Å². The molecule has 0 spiro atoms. The maximum Gasteiger partial charge on any atom is 0.0735 e. The third-order valence-corrected chi connectivity index (χ3v) is 3.91. The lowest BCUT2D eigenvalue weighted by atomic mass is 10.2. The van der Waals surface area contributed by atoms with Crippen molar-refractivity contribution in [2.24, 2.45) is 0 Å². The van der Waals surface area contributed by atoms with Gasteiger partial charge in [-0.25, -0.2) is 0 Å². The van der Waals surface area contributed by atoms with Crippen LogP contribution in [-0.2, 0) is 0 Å². The zero-order valence-corrected chi connectivity index (χ0v) is 10.1. The number of benzene rings is 2. The predicted molar refractivity (Wildman–Crippen MR) is 70.8 cm³/mol. The molecule has 0 fully saturated rings. The second kappa shape index (κ2) is 4.04. The highest BCUT2D eigenvalue weighted by Gasteiger charge is 2.20. The topological polar surface area (TPSA) is 3.24 Å². The van der Waals surface area contributed by atoms with Crippen LogP contribution in [0.5, 0.6) is 0 Å². The Balaban J connectivity index is 2.06. The number of nitrogens with zero attached hydrogens (tertiary/aromatic N) is 1. The monoisotopic (exact) mass is 247 g/mol. The smallest absolute Gasteiger partial charge is 0.0735 e. The summed E-state index contributed by atoms with van der Waals surface area (Å²) in [5, 5.41) is 0.794. The fourth-order valence-corrected chi connectivity index (χ4v) is 3.05. The summed E-state index contributed by atoms with van der Waals surface area (Å²) in [6.07, 6.45) is 0. The van der Waals surface area contributed by atoms with Crippen molar-refractivity contribution in [1.82, 2.24) is 0 Å². The number of anilines is 2. The molecule has 0 atom stereocenters. The first kappa shape index (κ1) is 10.1. The summed E-state index contributed by atoms with van der Waals surface area (Å²) >= 11 is 7.89. The molecule has 0 radical (unpaired) electrons. The Morgan fingerprint density at radius 2 is 1.88 bits per heavy atom. The van der Waals surface area contributed by atoms with Gasteiger partial charge in [0, 0.05) is 15.6 Å². The van der Waals surface area contributed by atoms with E-state index < -0.39 is 0 Å². The van der Waals surface area contributed by atoms with Gasteiger partial charge in [0.1, 0.15) is 0 Å². The van der Waals surface area contributed by atoms with Crippen LogP contribution >= 0.6 is 23.4 Å². The van der Waals surface area contributed by atoms with Crippen LogP contribution in [-0.4, -0.2) is 5.88 Å². The fraction of sp³-hybridized carbons (Fsp3) is 0.0769. The van der Waals surface area contributed by atoms with Crippen LogP contribution in [0.4, 0.5) is 11.4 Å². The first-order valence-corrected chi connectivity index (χ1v) is 6.46. The Morgan fingerprint density at radius 1 is 1.06 bits per heavy atom. The van der Waals surface area contributed by atoms with Gasteiger partial charge in [0.05, 0.1) is 11.6 Å². The zero-order valence-electron chi connectivity index (χ0n) is 8.56. The number of halogens is 1. The molecule has 3 rings (SSSR count). The molecule has 1 heterocycles. The highest BCUT2D eigenvalue weighted by Crippen LogP contribution is 2.43. The Labute approximate surface area is 104 Å². The van der Waals surface area contributed by atoms with Crippen molar-refractivity contribution >= 4 is 34.7 Å². The molecule has 0 saturated carbocycles. The van der Waals surface area contributed by atoms with Crippen molar-refractivity contribution in [3.05, 3.63) is 53.6 Å². The third-order valence-electron chi connectivity index (χ3n) is 2.63. The van der Waals surface area contributed by atoms with Crippen molar-refractivity contribution in [2.75, 3.05) is 10.8 Å². The third kappa shape index (κ3) is 1.68. The van der Waals surface area contributed by atoms with Gasteiger partial charge < -0.3 is 4.90 Å². The SMILES string of the molecule is Clc1ccc2c(c1)N(c1ccccc1)CS2. The maximum absolute atomic E-state index is 6.04. The standard InChI is InChI=1S/C13H10ClNS/c14-10-6-7-13-12(8-10)15(9-16-13)11-4-2-1-3-5-11/h1-8H,9H2. The number of hydrogen-bond donors (Lipinski definition) is 0. The molecule has 16 heavy (non-hydrogen) atoms. The van der Waals surface area contributed by atoms with Crippen LogP contribution in [0.15, 0.2) is 53.4 Å². The molecule has 0 aromatic heterocycles. The minimum Gasteiger partial charge on any atom is -0.330 e. The van der Waals surface area contributed by atoms with Gasteiger partial charge in [0.2, 0.25) is 0 Å². The molecule has 1 nitrogen and oxygen atoms in total. The van der Waals surface area contributed by atoms with E-state index in [2.05, 4.69) is 35.2 Å². The van der Waals surface area contributed by atoms with Crippen molar-refractivity contribution < 1.29 is 0 Å². The summed E-state index contributed by atoms with van der Waals surface area (Å²) in [5.74, 6) is 0.958. The number of thioether (sulfide) groups is 1. The summed E-state index contributed by atoms with van der Waals surface area (Å²) in [7, 11) is 0. The molecule has 0 N–H and O–H groups in total. The summed E-state index contributed by atoms with van der Waals surface area (Å²) in [4.78, 5) is 3.58. The van der Waals surface area contributed by atoms with Crippen LogP contribution < -0.4 is 4.90 Å². The molecule has 3 heteroatoms. The van der Waals surface area contributed by atoms with E-state index in [0.29, 0.717) is 0 Å². The Bertz CT molecular complexity index is 513. The Hall–Kier alpha value is -1.12. The lowest BCUT2D eigenvalue weighted by Gasteiger charge is -2.18. The van der Waals surface area contributed by atoms with Crippen LogP contribution in [0.25, 0.3) is 0 Å². The highest BCUT2D eigenvalue weighted by molar-refractivity contribution is 7.99. The Kier molecular flexibility index (Phi) is 2.54. The minimum atomic E-state index is 0.794. The van der Waals surface area contributed by atoms with Gasteiger partial charge in [-0.15, -0.1) is 11.8 Å². The van der Waals surface area contributed by atoms with E-state index in [0.717, 1.165) is 10.9 Å². The Morgan fingerprint density at radius 3 is 2.69 bits per heavy atom. The van der Waals surface area contributed by atoms with Crippen molar-refractivity contribution in [3.63, 3.8) is 0 Å². The van der Waals surface area contributed by atoms with Gasteiger partial charge in [0.25, 0.3) is 0 Å². The molecule has 1 aliphatic heterocycles. The molecule has 0 bridgehead atoms. The van der Waals surface area contributed by atoms with Crippen LogP contribution in [0.3, 0.4) is 0 Å². The van der Waals surface area contributed by atoms with Gasteiger partial charge in [-0.05, 0) is 30.3 Å². The van der Waals surface area contributed by atoms with Crippen LogP contribution in [0.2, 0.25) is 5.02 Å². The summed E-state index contributed by atoms with van der Waals surface area (Å²) in [5.41, 5.74) is 2.43.